The number of benzene rings is 1. The molecule has 0 aliphatic rings. The molecule has 0 amide bonds. The van der Waals surface area contributed by atoms with Crippen LogP contribution in [0.1, 0.15) is 56.2 Å². The molecule has 20 heavy (non-hydrogen) atoms. The van der Waals surface area contributed by atoms with E-state index in [-0.39, 0.29) is 23.2 Å². The highest BCUT2D eigenvalue weighted by molar-refractivity contribution is 7.89. The summed E-state index contributed by atoms with van der Waals surface area (Å²) in [5.74, 6) is -0.0490. The van der Waals surface area contributed by atoms with Gasteiger partial charge in [-0.3, -0.25) is 0 Å². The predicted molar refractivity (Wildman–Crippen MR) is 80.3 cm³/mol. The smallest absolute Gasteiger partial charge is 0.225 e. The number of nitriles is 1. The molecule has 1 rings (SSSR count). The van der Waals surface area contributed by atoms with Gasteiger partial charge in [0, 0.05) is 5.02 Å². The Morgan fingerprint density at radius 2 is 1.85 bits per heavy atom. The monoisotopic (exact) mass is 314 g/mol. The van der Waals surface area contributed by atoms with E-state index in [2.05, 4.69) is 6.07 Å². The summed E-state index contributed by atoms with van der Waals surface area (Å²) >= 11 is 6.37. The molecule has 4 nitrogen and oxygen atoms in total. The van der Waals surface area contributed by atoms with Crippen molar-refractivity contribution >= 4 is 21.6 Å². The van der Waals surface area contributed by atoms with Crippen LogP contribution in [0, 0.1) is 11.3 Å². The molecule has 0 unspecified atom stereocenters. The van der Waals surface area contributed by atoms with Crippen molar-refractivity contribution in [1.82, 2.24) is 0 Å². The fourth-order valence-electron chi connectivity index (χ4n) is 2.25. The number of nitrogens with two attached hydrogens (primary N) is 1. The van der Waals surface area contributed by atoms with Crippen LogP contribution in [-0.2, 0) is 16.4 Å². The van der Waals surface area contributed by atoms with E-state index in [4.69, 9.17) is 22.0 Å². The van der Waals surface area contributed by atoms with Crippen molar-refractivity contribution in [3.63, 3.8) is 0 Å². The van der Waals surface area contributed by atoms with Crippen LogP contribution in [0.4, 0.5) is 0 Å². The summed E-state index contributed by atoms with van der Waals surface area (Å²) in [4.78, 5) is 0.0582. The van der Waals surface area contributed by atoms with Crippen molar-refractivity contribution in [2.45, 2.75) is 50.8 Å². The minimum absolute atomic E-state index is 0.0533. The number of rotatable bonds is 4. The molecular formula is C14H19ClN2O2S. The van der Waals surface area contributed by atoms with Crippen LogP contribution in [0.15, 0.2) is 11.0 Å². The van der Waals surface area contributed by atoms with Gasteiger partial charge < -0.3 is 0 Å². The quantitative estimate of drug-likeness (QED) is 0.925. The Morgan fingerprint density at radius 3 is 2.20 bits per heavy atom. The Kier molecular flexibility index (Phi) is 5.20. The minimum Gasteiger partial charge on any atom is -0.225 e. The molecule has 6 heteroatoms. The highest BCUT2D eigenvalue weighted by Crippen LogP contribution is 2.38. The molecule has 0 spiro atoms. The molecule has 0 heterocycles. The molecule has 110 valence electrons. The number of primary sulfonamides is 1. The van der Waals surface area contributed by atoms with Crippen molar-refractivity contribution < 1.29 is 8.42 Å². The molecule has 1 aromatic rings. The zero-order valence-electron chi connectivity index (χ0n) is 12.1. The Balaban J connectivity index is 3.85. The second-order valence-corrected chi connectivity index (χ2v) is 7.27. The van der Waals surface area contributed by atoms with Gasteiger partial charge in [-0.25, -0.2) is 13.6 Å². The lowest BCUT2D eigenvalue weighted by Crippen LogP contribution is -2.17. The average Bonchev–Trinajstić information content (AvgIpc) is 2.28. The number of halogens is 1. The van der Waals surface area contributed by atoms with E-state index in [0.717, 1.165) is 5.56 Å². The van der Waals surface area contributed by atoms with Crippen molar-refractivity contribution in [3.8, 4) is 6.07 Å². The number of hydrogen-bond acceptors (Lipinski definition) is 3. The maximum Gasteiger partial charge on any atom is 0.238 e. The third-order valence-electron chi connectivity index (χ3n) is 3.16. The van der Waals surface area contributed by atoms with Crippen LogP contribution in [0.3, 0.4) is 0 Å². The third kappa shape index (κ3) is 3.32. The topological polar surface area (TPSA) is 84.0 Å². The van der Waals surface area contributed by atoms with E-state index in [1.807, 2.05) is 27.7 Å². The van der Waals surface area contributed by atoms with Crippen LogP contribution in [-0.4, -0.2) is 8.42 Å². The van der Waals surface area contributed by atoms with E-state index in [1.54, 1.807) is 6.07 Å². The molecule has 0 radical (unpaired) electrons. The number of nitrogens with zero attached hydrogens (tertiary/aromatic N) is 1. The van der Waals surface area contributed by atoms with Crippen LogP contribution in [0.5, 0.6) is 0 Å². The Bertz CT molecular complexity index is 659. The molecule has 0 aliphatic carbocycles. The maximum atomic E-state index is 11.8. The fourth-order valence-corrected chi connectivity index (χ4v) is 3.74. The molecule has 0 fully saturated rings. The van der Waals surface area contributed by atoms with Crippen LogP contribution >= 0.6 is 11.6 Å². The van der Waals surface area contributed by atoms with Gasteiger partial charge in [0.2, 0.25) is 10.0 Å². The summed E-state index contributed by atoms with van der Waals surface area (Å²) < 4.78 is 23.6. The molecular weight excluding hydrogens is 296 g/mol. The predicted octanol–water partition coefficient (Wildman–Crippen LogP) is 3.30. The van der Waals surface area contributed by atoms with E-state index in [1.165, 1.54) is 0 Å². The van der Waals surface area contributed by atoms with Gasteiger partial charge in [0.1, 0.15) is 0 Å². The second kappa shape index (κ2) is 6.13. The van der Waals surface area contributed by atoms with Gasteiger partial charge in [-0.15, -0.1) is 0 Å². The van der Waals surface area contributed by atoms with Gasteiger partial charge in [0.05, 0.1) is 17.4 Å². The zero-order valence-corrected chi connectivity index (χ0v) is 13.6. The van der Waals surface area contributed by atoms with E-state index in [0.29, 0.717) is 16.1 Å². The first-order chi connectivity index (χ1) is 9.11. The van der Waals surface area contributed by atoms with Gasteiger partial charge in [0.15, 0.2) is 0 Å². The lowest BCUT2D eigenvalue weighted by atomic mass is 9.90. The highest BCUT2D eigenvalue weighted by Gasteiger charge is 2.25. The highest BCUT2D eigenvalue weighted by atomic mass is 35.5. The van der Waals surface area contributed by atoms with Gasteiger partial charge in [-0.05, 0) is 34.6 Å². The largest absolute Gasteiger partial charge is 0.238 e. The SMILES string of the molecule is CC(C)c1cc(S(N)(=O)=O)c(C(C)C)c(Cl)c1CC#N. The molecule has 0 aromatic heterocycles. The summed E-state index contributed by atoms with van der Waals surface area (Å²) in [5, 5.41) is 14.6. The summed E-state index contributed by atoms with van der Waals surface area (Å²) in [6.07, 6.45) is 0.150. The summed E-state index contributed by atoms with van der Waals surface area (Å²) in [6.45, 7) is 7.55. The first-order valence-electron chi connectivity index (χ1n) is 6.36. The zero-order chi connectivity index (χ0) is 15.7. The normalized spacial score (nSPS) is 11.9. The van der Waals surface area contributed by atoms with Gasteiger partial charge in [-0.1, -0.05) is 39.3 Å². The molecule has 2 N–H and O–H groups in total. The average molecular weight is 315 g/mol. The first-order valence-corrected chi connectivity index (χ1v) is 8.28. The number of sulfonamides is 1. The minimum atomic E-state index is -3.86. The molecule has 1 aromatic carbocycles. The Labute approximate surface area is 125 Å². The van der Waals surface area contributed by atoms with Gasteiger partial charge >= 0.3 is 0 Å². The Morgan fingerprint density at radius 1 is 1.30 bits per heavy atom. The van der Waals surface area contributed by atoms with Crippen molar-refractivity contribution in [3.05, 3.63) is 27.8 Å². The molecule has 0 saturated heterocycles. The summed E-state index contributed by atoms with van der Waals surface area (Å²) in [7, 11) is -3.86. The van der Waals surface area contributed by atoms with Crippen molar-refractivity contribution in [2.24, 2.45) is 5.14 Å². The summed E-state index contributed by atoms with van der Waals surface area (Å²) in [6, 6.07) is 3.64. The molecule has 0 atom stereocenters. The van der Waals surface area contributed by atoms with Gasteiger partial charge in [0.25, 0.3) is 0 Å². The molecule has 0 aliphatic heterocycles. The van der Waals surface area contributed by atoms with E-state index in [9.17, 15) is 8.42 Å². The van der Waals surface area contributed by atoms with Crippen LogP contribution in [0.25, 0.3) is 0 Å². The van der Waals surface area contributed by atoms with Crippen molar-refractivity contribution in [1.29, 1.82) is 5.26 Å². The van der Waals surface area contributed by atoms with Crippen LogP contribution in [0.2, 0.25) is 5.02 Å². The second-order valence-electron chi connectivity index (χ2n) is 5.36. The fraction of sp³-hybridized carbons (Fsp3) is 0.500. The van der Waals surface area contributed by atoms with Crippen LogP contribution < -0.4 is 5.14 Å². The lowest BCUT2D eigenvalue weighted by Gasteiger charge is -2.21. The van der Waals surface area contributed by atoms with E-state index < -0.39 is 10.0 Å². The Hall–Kier alpha value is -1.09. The van der Waals surface area contributed by atoms with Gasteiger partial charge in [-0.2, -0.15) is 5.26 Å². The molecule has 0 bridgehead atoms. The van der Waals surface area contributed by atoms with E-state index >= 15 is 0 Å². The van der Waals surface area contributed by atoms with Crippen molar-refractivity contribution in [2.75, 3.05) is 0 Å². The maximum absolute atomic E-state index is 11.8. The molecule has 0 saturated carbocycles. The summed E-state index contributed by atoms with van der Waals surface area (Å²) in [5.41, 5.74) is 1.94. The third-order valence-corrected chi connectivity index (χ3v) is 4.55. The first kappa shape index (κ1) is 17.0. The number of hydrogen-bond donors (Lipinski definition) is 1. The standard InChI is InChI=1S/C14H19ClN2O2S/c1-8(2)11-7-12(20(17,18)19)13(9(3)4)14(15)10(11)5-6-16/h7-9H,5H2,1-4H3,(H2,17,18,19). The lowest BCUT2D eigenvalue weighted by molar-refractivity contribution is 0.595.